The molecule has 0 amide bonds. The predicted octanol–water partition coefficient (Wildman–Crippen LogP) is 2.10. The highest BCUT2D eigenvalue weighted by Gasteiger charge is 2.32. The number of allylic oxidation sites excluding steroid dienone is 2. The largest absolute Gasteiger partial charge is 0.300 e. The lowest BCUT2D eigenvalue weighted by Gasteiger charge is -2.28. The summed E-state index contributed by atoms with van der Waals surface area (Å²) >= 11 is 0. The average Bonchev–Trinajstić information content (AvgIpc) is 2.61. The van der Waals surface area contributed by atoms with E-state index < -0.39 is 5.92 Å². The maximum absolute atomic E-state index is 11.5. The second kappa shape index (κ2) is 4.94. The first-order valence-corrected chi connectivity index (χ1v) is 6.34. The Morgan fingerprint density at radius 2 is 1.65 bits per heavy atom. The molecule has 2 rings (SSSR count). The van der Waals surface area contributed by atoms with E-state index in [9.17, 15) is 14.4 Å². The molecule has 0 N–H and O–H groups in total. The maximum Gasteiger partial charge on any atom is 0.166 e. The molecule has 0 aromatic heterocycles. The van der Waals surface area contributed by atoms with Crippen LogP contribution < -0.4 is 0 Å². The van der Waals surface area contributed by atoms with Crippen molar-refractivity contribution in [3.8, 4) is 0 Å². The molecule has 0 radical (unpaired) electrons. The van der Waals surface area contributed by atoms with E-state index >= 15 is 0 Å². The van der Waals surface area contributed by atoms with Gasteiger partial charge in [-0.1, -0.05) is 0 Å². The van der Waals surface area contributed by atoms with Crippen molar-refractivity contribution >= 4 is 17.3 Å². The Bertz CT molecular complexity index is 355. The molecule has 1 saturated carbocycles. The number of carbonyl (C=O) groups excluding carboxylic acids is 3. The second-order valence-electron chi connectivity index (χ2n) is 5.25. The van der Waals surface area contributed by atoms with E-state index in [1.165, 1.54) is 12.2 Å². The van der Waals surface area contributed by atoms with Crippen LogP contribution >= 0.6 is 0 Å². The molecule has 17 heavy (non-hydrogen) atoms. The smallest absolute Gasteiger partial charge is 0.166 e. The first-order chi connectivity index (χ1) is 8.08. The molecule has 0 spiro atoms. The zero-order chi connectivity index (χ0) is 12.4. The summed E-state index contributed by atoms with van der Waals surface area (Å²) in [6, 6.07) is 0. The Hall–Kier alpha value is -1.25. The summed E-state index contributed by atoms with van der Waals surface area (Å²) in [6.45, 7) is 1.65. The molecule has 3 heteroatoms. The number of ketones is 3. The lowest BCUT2D eigenvalue weighted by atomic mass is 9.76. The molecule has 0 aliphatic heterocycles. The third-order valence-corrected chi connectivity index (χ3v) is 4.09. The van der Waals surface area contributed by atoms with E-state index in [0.717, 1.165) is 25.7 Å². The highest BCUT2D eigenvalue weighted by atomic mass is 16.2. The van der Waals surface area contributed by atoms with E-state index in [-0.39, 0.29) is 23.3 Å². The third-order valence-electron chi connectivity index (χ3n) is 4.09. The average molecular weight is 234 g/mol. The molecule has 2 aliphatic rings. The van der Waals surface area contributed by atoms with Crippen LogP contribution in [0.25, 0.3) is 0 Å². The molecule has 0 aromatic carbocycles. The van der Waals surface area contributed by atoms with Crippen LogP contribution in [-0.2, 0) is 14.4 Å². The zero-order valence-corrected chi connectivity index (χ0v) is 10.1. The van der Waals surface area contributed by atoms with Gasteiger partial charge in [-0.05, 0) is 57.1 Å². The number of rotatable bonds is 3. The van der Waals surface area contributed by atoms with Crippen LogP contribution in [-0.4, -0.2) is 17.3 Å². The van der Waals surface area contributed by atoms with Crippen LogP contribution in [0.2, 0.25) is 0 Å². The molecule has 0 unspecified atom stereocenters. The highest BCUT2D eigenvalue weighted by Crippen LogP contribution is 2.34. The van der Waals surface area contributed by atoms with Crippen molar-refractivity contribution in [1.82, 2.24) is 0 Å². The van der Waals surface area contributed by atoms with Crippen molar-refractivity contribution < 1.29 is 14.4 Å². The molecule has 0 heterocycles. The van der Waals surface area contributed by atoms with Crippen molar-refractivity contribution in [2.45, 2.75) is 39.0 Å². The molecule has 0 atom stereocenters. The molecule has 1 fully saturated rings. The van der Waals surface area contributed by atoms with Crippen LogP contribution in [0.15, 0.2) is 12.2 Å². The SMILES string of the molecule is CC(=O)C1CCC(CC2C(=O)C=CC2=O)CC1. The van der Waals surface area contributed by atoms with Gasteiger partial charge in [0.2, 0.25) is 0 Å². The number of carbonyl (C=O) groups is 3. The Labute approximate surface area is 101 Å². The van der Waals surface area contributed by atoms with Gasteiger partial charge < -0.3 is 0 Å². The summed E-state index contributed by atoms with van der Waals surface area (Å²) in [5, 5.41) is 0. The van der Waals surface area contributed by atoms with Gasteiger partial charge in [-0.3, -0.25) is 14.4 Å². The summed E-state index contributed by atoms with van der Waals surface area (Å²) in [4.78, 5) is 34.2. The molecule has 0 bridgehead atoms. The van der Waals surface area contributed by atoms with Gasteiger partial charge in [-0.2, -0.15) is 0 Å². The first-order valence-electron chi connectivity index (χ1n) is 6.34. The number of Topliss-reactive ketones (excluding diaryl/α,β-unsaturated/α-hetero) is 1. The van der Waals surface area contributed by atoms with E-state index in [1.807, 2.05) is 0 Å². The topological polar surface area (TPSA) is 51.2 Å². The third kappa shape index (κ3) is 2.71. The fourth-order valence-electron chi connectivity index (χ4n) is 2.91. The van der Waals surface area contributed by atoms with E-state index in [0.29, 0.717) is 12.3 Å². The van der Waals surface area contributed by atoms with E-state index in [4.69, 9.17) is 0 Å². The molecular weight excluding hydrogens is 216 g/mol. The Morgan fingerprint density at radius 1 is 1.12 bits per heavy atom. The first kappa shape index (κ1) is 12.2. The summed E-state index contributed by atoms with van der Waals surface area (Å²) in [5.41, 5.74) is 0. The zero-order valence-electron chi connectivity index (χ0n) is 10.1. The van der Waals surface area contributed by atoms with Gasteiger partial charge in [0.15, 0.2) is 11.6 Å². The molecule has 0 aromatic rings. The van der Waals surface area contributed by atoms with Crippen molar-refractivity contribution in [3.05, 3.63) is 12.2 Å². The highest BCUT2D eigenvalue weighted by molar-refractivity contribution is 6.18. The van der Waals surface area contributed by atoms with Crippen molar-refractivity contribution in [1.29, 1.82) is 0 Å². The van der Waals surface area contributed by atoms with Gasteiger partial charge >= 0.3 is 0 Å². The van der Waals surface area contributed by atoms with Crippen molar-refractivity contribution in [3.63, 3.8) is 0 Å². The predicted molar refractivity (Wildman–Crippen MR) is 63.4 cm³/mol. The molecule has 2 aliphatic carbocycles. The van der Waals surface area contributed by atoms with Gasteiger partial charge in [-0.15, -0.1) is 0 Å². The Balaban J connectivity index is 1.84. The lowest BCUT2D eigenvalue weighted by Crippen LogP contribution is -2.24. The minimum atomic E-state index is -0.422. The molecular formula is C14H18O3. The maximum atomic E-state index is 11.5. The van der Waals surface area contributed by atoms with Gasteiger partial charge in [-0.25, -0.2) is 0 Å². The Kier molecular flexibility index (Phi) is 3.55. The van der Waals surface area contributed by atoms with E-state index in [1.54, 1.807) is 6.92 Å². The van der Waals surface area contributed by atoms with Crippen molar-refractivity contribution in [2.24, 2.45) is 17.8 Å². The molecule has 92 valence electrons. The second-order valence-corrected chi connectivity index (χ2v) is 5.25. The molecule has 0 saturated heterocycles. The van der Waals surface area contributed by atoms with Crippen LogP contribution in [0, 0.1) is 17.8 Å². The normalized spacial score (nSPS) is 29.9. The van der Waals surface area contributed by atoms with Crippen LogP contribution in [0.5, 0.6) is 0 Å². The minimum absolute atomic E-state index is 0.0382. The fraction of sp³-hybridized carbons (Fsp3) is 0.643. The summed E-state index contributed by atoms with van der Waals surface area (Å²) in [6.07, 6.45) is 7.26. The lowest BCUT2D eigenvalue weighted by molar-refractivity contribution is -0.127. The van der Waals surface area contributed by atoms with Gasteiger partial charge in [0, 0.05) is 5.92 Å². The Morgan fingerprint density at radius 3 is 2.12 bits per heavy atom. The fourth-order valence-corrected chi connectivity index (χ4v) is 2.91. The quantitative estimate of drug-likeness (QED) is 0.703. The number of hydrogen-bond donors (Lipinski definition) is 0. The van der Waals surface area contributed by atoms with Crippen LogP contribution in [0.3, 0.4) is 0 Å². The van der Waals surface area contributed by atoms with Gasteiger partial charge in [0.25, 0.3) is 0 Å². The van der Waals surface area contributed by atoms with Crippen molar-refractivity contribution in [2.75, 3.05) is 0 Å². The summed E-state index contributed by atoms with van der Waals surface area (Å²) in [5.74, 6) is 0.419. The van der Waals surface area contributed by atoms with Crippen LogP contribution in [0.1, 0.15) is 39.0 Å². The van der Waals surface area contributed by atoms with Gasteiger partial charge in [0.1, 0.15) is 5.78 Å². The van der Waals surface area contributed by atoms with Crippen LogP contribution in [0.4, 0.5) is 0 Å². The van der Waals surface area contributed by atoms with E-state index in [2.05, 4.69) is 0 Å². The standard InChI is InChI=1S/C14H18O3/c1-9(15)11-4-2-10(3-5-11)8-12-13(16)6-7-14(12)17/h6-7,10-12H,2-5,8H2,1H3. The minimum Gasteiger partial charge on any atom is -0.300 e. The monoisotopic (exact) mass is 234 g/mol. The van der Waals surface area contributed by atoms with Gasteiger partial charge in [0.05, 0.1) is 5.92 Å². The number of hydrogen-bond acceptors (Lipinski definition) is 3. The summed E-state index contributed by atoms with van der Waals surface area (Å²) in [7, 11) is 0. The summed E-state index contributed by atoms with van der Waals surface area (Å²) < 4.78 is 0. The molecule has 3 nitrogen and oxygen atoms in total.